The number of alkyl halides is 2. The van der Waals surface area contributed by atoms with E-state index in [2.05, 4.69) is 0 Å². The molecule has 0 amide bonds. The Bertz CT molecular complexity index is 91.4. The molecule has 0 N–H and O–H groups in total. The molecule has 62 valence electrons. The summed E-state index contributed by atoms with van der Waals surface area (Å²) in [6.07, 6.45) is -1.40. The lowest BCUT2D eigenvalue weighted by molar-refractivity contribution is 0.0109. The first-order valence-electron chi connectivity index (χ1n) is 3.48. The van der Waals surface area contributed by atoms with E-state index in [1.807, 2.05) is 0 Å². The third-order valence-electron chi connectivity index (χ3n) is 1.36. The van der Waals surface area contributed by atoms with Crippen LogP contribution >= 0.6 is 0 Å². The fourth-order valence-corrected chi connectivity index (χ4v) is 1.03. The lowest BCUT2D eigenvalue weighted by atomic mass is 9.82. The van der Waals surface area contributed by atoms with Gasteiger partial charge in [0.05, 0.1) is 0 Å². The summed E-state index contributed by atoms with van der Waals surface area (Å²) >= 11 is 0. The second-order valence-corrected chi connectivity index (χ2v) is 4.29. The second-order valence-electron chi connectivity index (χ2n) is 4.29. The van der Waals surface area contributed by atoms with E-state index in [0.29, 0.717) is 0 Å². The van der Waals surface area contributed by atoms with Crippen LogP contribution in [0.1, 0.15) is 34.6 Å². The molecule has 1 unspecified atom stereocenters. The van der Waals surface area contributed by atoms with Crippen molar-refractivity contribution in [1.82, 2.24) is 0 Å². The molecule has 10 heavy (non-hydrogen) atoms. The van der Waals surface area contributed by atoms with Crippen LogP contribution in [0.15, 0.2) is 0 Å². The van der Waals surface area contributed by atoms with E-state index in [4.69, 9.17) is 0 Å². The second kappa shape index (κ2) is 2.48. The van der Waals surface area contributed by atoms with E-state index in [1.165, 1.54) is 13.8 Å². The van der Waals surface area contributed by atoms with Gasteiger partial charge in [0, 0.05) is 0 Å². The molecule has 0 aromatic heterocycles. The topological polar surface area (TPSA) is 0 Å². The zero-order chi connectivity index (χ0) is 8.58. The maximum atomic E-state index is 13.0. The van der Waals surface area contributed by atoms with Gasteiger partial charge in [-0.15, -0.1) is 0 Å². The number of hydrogen-bond acceptors (Lipinski definition) is 0. The summed E-state index contributed by atoms with van der Waals surface area (Å²) in [4.78, 5) is 0. The Kier molecular flexibility index (Phi) is 2.44. The van der Waals surface area contributed by atoms with Crippen LogP contribution in [0.2, 0.25) is 0 Å². The highest BCUT2D eigenvalue weighted by Gasteiger charge is 2.38. The number of halogens is 2. The Morgan fingerprint density at radius 1 is 1.00 bits per heavy atom. The van der Waals surface area contributed by atoms with Crippen LogP contribution in [-0.2, 0) is 0 Å². The summed E-state index contributed by atoms with van der Waals surface area (Å²) in [7, 11) is 0. The van der Waals surface area contributed by atoms with Crippen LogP contribution in [0.4, 0.5) is 8.78 Å². The molecule has 0 spiro atoms. The first-order valence-corrected chi connectivity index (χ1v) is 3.48. The Labute approximate surface area is 61.6 Å². The molecule has 0 saturated heterocycles. The van der Waals surface area contributed by atoms with Gasteiger partial charge in [-0.05, 0) is 19.3 Å². The van der Waals surface area contributed by atoms with Crippen molar-refractivity contribution in [2.24, 2.45) is 5.41 Å². The van der Waals surface area contributed by atoms with Gasteiger partial charge in [0.1, 0.15) is 11.8 Å². The summed E-state index contributed by atoms with van der Waals surface area (Å²) in [6, 6.07) is 0. The van der Waals surface area contributed by atoms with Crippen molar-refractivity contribution in [2.45, 2.75) is 46.5 Å². The van der Waals surface area contributed by atoms with E-state index in [0.717, 1.165) is 0 Å². The van der Waals surface area contributed by atoms with Crippen LogP contribution in [-0.4, -0.2) is 11.8 Å². The van der Waals surface area contributed by atoms with Gasteiger partial charge in [-0.25, -0.2) is 8.78 Å². The van der Waals surface area contributed by atoms with Crippen molar-refractivity contribution in [1.29, 1.82) is 0 Å². The van der Waals surface area contributed by atoms with Crippen LogP contribution < -0.4 is 0 Å². The molecule has 0 nitrogen and oxygen atoms in total. The molecule has 2 heteroatoms. The van der Waals surface area contributed by atoms with E-state index >= 15 is 0 Å². The molecule has 0 radical (unpaired) electrons. The largest absolute Gasteiger partial charge is 0.243 e. The highest BCUT2D eigenvalue weighted by Crippen LogP contribution is 2.32. The Morgan fingerprint density at radius 3 is 1.30 bits per heavy atom. The van der Waals surface area contributed by atoms with Crippen molar-refractivity contribution in [3.8, 4) is 0 Å². The number of hydrogen-bond donors (Lipinski definition) is 0. The standard InChI is InChI=1S/C8H16F2/c1-7(2,3)6(9)8(4,5)10/h6H,1-5H3. The van der Waals surface area contributed by atoms with Crippen molar-refractivity contribution < 1.29 is 8.78 Å². The maximum absolute atomic E-state index is 13.0. The summed E-state index contributed by atoms with van der Waals surface area (Å²) in [5.74, 6) is 0. The van der Waals surface area contributed by atoms with Gasteiger partial charge in [0.25, 0.3) is 0 Å². The first-order chi connectivity index (χ1) is 4.15. The minimum absolute atomic E-state index is 0.599. The predicted octanol–water partition coefficient (Wildman–Crippen LogP) is 3.12. The van der Waals surface area contributed by atoms with Gasteiger partial charge in [-0.3, -0.25) is 0 Å². The molecule has 0 aliphatic carbocycles. The minimum Gasteiger partial charge on any atom is -0.243 e. The molecule has 0 aliphatic rings. The lowest BCUT2D eigenvalue weighted by Gasteiger charge is -2.30. The van der Waals surface area contributed by atoms with Gasteiger partial charge in [0.15, 0.2) is 0 Å². The minimum atomic E-state index is -1.72. The van der Waals surface area contributed by atoms with Gasteiger partial charge < -0.3 is 0 Å². The molecule has 0 aliphatic heterocycles. The summed E-state index contributed by atoms with van der Waals surface area (Å²) in [6.45, 7) is 7.61. The van der Waals surface area contributed by atoms with Crippen LogP contribution in [0.3, 0.4) is 0 Å². The van der Waals surface area contributed by atoms with E-state index in [9.17, 15) is 8.78 Å². The Morgan fingerprint density at radius 2 is 1.30 bits per heavy atom. The molecular formula is C8H16F2. The van der Waals surface area contributed by atoms with Crippen molar-refractivity contribution in [2.75, 3.05) is 0 Å². The van der Waals surface area contributed by atoms with Crippen LogP contribution in [0.5, 0.6) is 0 Å². The smallest absolute Gasteiger partial charge is 0.138 e. The summed E-state index contributed by atoms with van der Waals surface area (Å²) in [5.41, 5.74) is -2.32. The quantitative estimate of drug-likeness (QED) is 0.538. The van der Waals surface area contributed by atoms with Crippen LogP contribution in [0.25, 0.3) is 0 Å². The Balaban J connectivity index is 4.23. The van der Waals surface area contributed by atoms with E-state index in [-0.39, 0.29) is 0 Å². The van der Waals surface area contributed by atoms with Crippen molar-refractivity contribution >= 4 is 0 Å². The van der Waals surface area contributed by atoms with Gasteiger partial charge in [0.2, 0.25) is 0 Å². The van der Waals surface area contributed by atoms with Gasteiger partial charge in [-0.1, -0.05) is 20.8 Å². The molecule has 0 rings (SSSR count). The summed E-state index contributed by atoms with van der Waals surface area (Å²) < 4.78 is 25.9. The third kappa shape index (κ3) is 2.63. The molecule has 0 aromatic rings. The van der Waals surface area contributed by atoms with Gasteiger partial charge in [-0.2, -0.15) is 0 Å². The number of rotatable bonds is 1. The van der Waals surface area contributed by atoms with Crippen molar-refractivity contribution in [3.63, 3.8) is 0 Å². The fraction of sp³-hybridized carbons (Fsp3) is 1.00. The lowest BCUT2D eigenvalue weighted by Crippen LogP contribution is -2.38. The molecule has 0 aromatic carbocycles. The van der Waals surface area contributed by atoms with Crippen LogP contribution in [0, 0.1) is 5.41 Å². The molecule has 0 heterocycles. The van der Waals surface area contributed by atoms with E-state index < -0.39 is 17.3 Å². The van der Waals surface area contributed by atoms with Crippen molar-refractivity contribution in [3.05, 3.63) is 0 Å². The molecule has 0 bridgehead atoms. The SMILES string of the molecule is CC(C)(C)C(F)C(C)(C)F. The molecule has 0 fully saturated rings. The third-order valence-corrected chi connectivity index (χ3v) is 1.36. The highest BCUT2D eigenvalue weighted by molar-refractivity contribution is 4.86. The molecule has 0 saturated carbocycles. The monoisotopic (exact) mass is 150 g/mol. The first kappa shape index (κ1) is 9.86. The normalized spacial score (nSPS) is 17.1. The predicted molar refractivity (Wildman–Crippen MR) is 39.5 cm³/mol. The highest BCUT2D eigenvalue weighted by atomic mass is 19.2. The average molecular weight is 150 g/mol. The zero-order valence-electron chi connectivity index (χ0n) is 7.33. The average Bonchev–Trinajstić information content (AvgIpc) is 1.59. The maximum Gasteiger partial charge on any atom is 0.138 e. The molecule has 1 atom stereocenters. The zero-order valence-corrected chi connectivity index (χ0v) is 7.33. The van der Waals surface area contributed by atoms with Gasteiger partial charge >= 0.3 is 0 Å². The fourth-order valence-electron chi connectivity index (χ4n) is 1.03. The Hall–Kier alpha value is -0.140. The summed E-state index contributed by atoms with van der Waals surface area (Å²) in [5, 5.41) is 0. The van der Waals surface area contributed by atoms with E-state index in [1.54, 1.807) is 20.8 Å². The molecular weight excluding hydrogens is 134 g/mol.